The topological polar surface area (TPSA) is 72.9 Å². The van der Waals surface area contributed by atoms with E-state index >= 15 is 0 Å². The molecule has 0 saturated carbocycles. The second kappa shape index (κ2) is 8.29. The van der Waals surface area contributed by atoms with Crippen LogP contribution in [0, 0.1) is 0 Å². The quantitative estimate of drug-likeness (QED) is 0.541. The summed E-state index contributed by atoms with van der Waals surface area (Å²) in [6.45, 7) is 1.25. The Morgan fingerprint density at radius 2 is 1.95 bits per heavy atom. The molecule has 0 N–H and O–H groups in total. The number of hydrogen-bond donors (Lipinski definition) is 0. The number of carbonyl (C=O) groups excluding carboxylic acids is 3. The molecule has 6 nitrogen and oxygen atoms in total. The molecule has 0 aliphatic carbocycles. The van der Waals surface area contributed by atoms with E-state index in [0.29, 0.717) is 19.5 Å². The summed E-state index contributed by atoms with van der Waals surface area (Å²) in [5, 5.41) is 0. The molecule has 0 aromatic heterocycles. The highest BCUT2D eigenvalue weighted by Crippen LogP contribution is 2.10. The average Bonchev–Trinajstić information content (AvgIpc) is 2.61. The van der Waals surface area contributed by atoms with Gasteiger partial charge < -0.3 is 14.4 Å². The maximum Gasteiger partial charge on any atom is 0.331 e. The first-order valence-electron chi connectivity index (χ1n) is 6.34. The molecule has 0 aromatic carbocycles. The van der Waals surface area contributed by atoms with E-state index in [2.05, 4.69) is 4.74 Å². The van der Waals surface area contributed by atoms with Crippen LogP contribution >= 0.6 is 0 Å². The second-order valence-electron chi connectivity index (χ2n) is 4.22. The van der Waals surface area contributed by atoms with Gasteiger partial charge in [-0.3, -0.25) is 4.79 Å². The van der Waals surface area contributed by atoms with Crippen molar-refractivity contribution in [3.63, 3.8) is 0 Å². The van der Waals surface area contributed by atoms with Gasteiger partial charge in [0.15, 0.2) is 0 Å². The molecule has 19 heavy (non-hydrogen) atoms. The number of rotatable bonds is 5. The zero-order valence-corrected chi connectivity index (χ0v) is 11.1. The number of esters is 2. The monoisotopic (exact) mass is 269 g/mol. The Labute approximate surface area is 112 Å². The molecule has 0 unspecified atom stereocenters. The van der Waals surface area contributed by atoms with Crippen LogP contribution in [0.3, 0.4) is 0 Å². The summed E-state index contributed by atoms with van der Waals surface area (Å²) in [5.74, 6) is -1.12. The minimum Gasteiger partial charge on any atom is -0.466 e. The molecular formula is C13H19NO5. The third-order valence-electron chi connectivity index (χ3n) is 2.83. The van der Waals surface area contributed by atoms with Crippen molar-refractivity contribution in [1.82, 2.24) is 4.90 Å². The third kappa shape index (κ3) is 6.03. The molecule has 1 aliphatic rings. The smallest absolute Gasteiger partial charge is 0.331 e. The molecule has 106 valence electrons. The number of methoxy groups -OCH3 is 1. The van der Waals surface area contributed by atoms with E-state index < -0.39 is 11.9 Å². The standard InChI is InChI=1S/C13H19NO5/c1-18-12(16)6-7-13(17)19-10-9-14-8-4-2-3-5-11(14)15/h6-7H,2-5,8-10H2,1H3/b7-6-. The molecule has 1 rings (SSSR count). The summed E-state index contributed by atoms with van der Waals surface area (Å²) in [7, 11) is 1.23. The molecule has 0 atom stereocenters. The Kier molecular flexibility index (Phi) is 6.63. The highest BCUT2D eigenvalue weighted by Gasteiger charge is 2.16. The Bertz CT molecular complexity index is 364. The number of nitrogens with zero attached hydrogens (tertiary/aromatic N) is 1. The second-order valence-corrected chi connectivity index (χ2v) is 4.22. The average molecular weight is 269 g/mol. The minimum absolute atomic E-state index is 0.110. The first-order chi connectivity index (χ1) is 9.13. The van der Waals surface area contributed by atoms with Crippen molar-refractivity contribution in [2.75, 3.05) is 26.8 Å². The van der Waals surface area contributed by atoms with Crippen molar-refractivity contribution >= 4 is 17.8 Å². The van der Waals surface area contributed by atoms with Gasteiger partial charge in [-0.15, -0.1) is 0 Å². The van der Waals surface area contributed by atoms with E-state index in [-0.39, 0.29) is 12.5 Å². The normalized spacial score (nSPS) is 16.3. The lowest BCUT2D eigenvalue weighted by Gasteiger charge is -2.19. The summed E-state index contributed by atoms with van der Waals surface area (Å²) in [4.78, 5) is 35.3. The first kappa shape index (κ1) is 15.2. The number of carbonyl (C=O) groups is 3. The largest absolute Gasteiger partial charge is 0.466 e. The van der Waals surface area contributed by atoms with Gasteiger partial charge in [-0.2, -0.15) is 0 Å². The van der Waals surface area contributed by atoms with Crippen molar-refractivity contribution in [1.29, 1.82) is 0 Å². The van der Waals surface area contributed by atoms with Crippen molar-refractivity contribution < 1.29 is 23.9 Å². The number of amides is 1. The van der Waals surface area contributed by atoms with E-state index in [4.69, 9.17) is 4.74 Å². The van der Waals surface area contributed by atoms with Crippen LogP contribution in [0.15, 0.2) is 12.2 Å². The van der Waals surface area contributed by atoms with Gasteiger partial charge in [0.05, 0.1) is 13.7 Å². The van der Waals surface area contributed by atoms with Gasteiger partial charge in [-0.25, -0.2) is 9.59 Å². The minimum atomic E-state index is -0.618. The van der Waals surface area contributed by atoms with E-state index in [1.54, 1.807) is 4.90 Å². The lowest BCUT2D eigenvalue weighted by molar-refractivity contribution is -0.141. The van der Waals surface area contributed by atoms with Gasteiger partial charge in [-0.05, 0) is 12.8 Å². The van der Waals surface area contributed by atoms with Gasteiger partial charge in [-0.1, -0.05) is 6.42 Å². The van der Waals surface area contributed by atoms with Crippen molar-refractivity contribution in [3.05, 3.63) is 12.2 Å². The Morgan fingerprint density at radius 3 is 2.68 bits per heavy atom. The van der Waals surface area contributed by atoms with Crippen LogP contribution in [0.4, 0.5) is 0 Å². The van der Waals surface area contributed by atoms with Crippen LogP contribution in [0.5, 0.6) is 0 Å². The lowest BCUT2D eigenvalue weighted by Crippen LogP contribution is -2.33. The molecule has 1 aliphatic heterocycles. The Hall–Kier alpha value is -1.85. The highest BCUT2D eigenvalue weighted by molar-refractivity contribution is 5.91. The number of hydrogen-bond acceptors (Lipinski definition) is 5. The summed E-state index contributed by atoms with van der Waals surface area (Å²) < 4.78 is 9.24. The molecule has 6 heteroatoms. The Balaban J connectivity index is 2.25. The van der Waals surface area contributed by atoms with E-state index in [1.165, 1.54) is 7.11 Å². The van der Waals surface area contributed by atoms with Crippen molar-refractivity contribution in [3.8, 4) is 0 Å². The van der Waals surface area contributed by atoms with Gasteiger partial charge in [0.1, 0.15) is 6.61 Å². The van der Waals surface area contributed by atoms with Crippen LogP contribution in [-0.2, 0) is 23.9 Å². The van der Waals surface area contributed by atoms with Crippen LogP contribution < -0.4 is 0 Å². The summed E-state index contributed by atoms with van der Waals surface area (Å²) in [5.41, 5.74) is 0. The molecular weight excluding hydrogens is 250 g/mol. The van der Waals surface area contributed by atoms with E-state index in [0.717, 1.165) is 31.4 Å². The zero-order valence-electron chi connectivity index (χ0n) is 11.1. The van der Waals surface area contributed by atoms with E-state index in [1.807, 2.05) is 0 Å². The predicted molar refractivity (Wildman–Crippen MR) is 67.2 cm³/mol. The SMILES string of the molecule is COC(=O)/C=C\C(=O)OCCN1CCCCCC1=O. The van der Waals surface area contributed by atoms with Gasteiger partial charge in [0.2, 0.25) is 5.91 Å². The molecule has 0 aromatic rings. The number of likely N-dealkylation sites (tertiary alicyclic amines) is 1. The van der Waals surface area contributed by atoms with Gasteiger partial charge >= 0.3 is 11.9 Å². The molecule has 1 saturated heterocycles. The fraction of sp³-hybridized carbons (Fsp3) is 0.615. The van der Waals surface area contributed by atoms with Crippen LogP contribution in [0.25, 0.3) is 0 Å². The lowest BCUT2D eigenvalue weighted by atomic mass is 10.2. The fourth-order valence-corrected chi connectivity index (χ4v) is 1.78. The van der Waals surface area contributed by atoms with Gasteiger partial charge in [0.25, 0.3) is 0 Å². The van der Waals surface area contributed by atoms with Crippen LogP contribution in [-0.4, -0.2) is 49.6 Å². The summed E-state index contributed by atoms with van der Waals surface area (Å²) in [6.07, 6.45) is 5.55. The molecule has 0 radical (unpaired) electrons. The van der Waals surface area contributed by atoms with Crippen LogP contribution in [0.1, 0.15) is 25.7 Å². The van der Waals surface area contributed by atoms with E-state index in [9.17, 15) is 14.4 Å². The summed E-state index contributed by atoms with van der Waals surface area (Å²) >= 11 is 0. The molecule has 0 spiro atoms. The molecule has 1 heterocycles. The van der Waals surface area contributed by atoms with Crippen molar-refractivity contribution in [2.45, 2.75) is 25.7 Å². The zero-order chi connectivity index (χ0) is 14.1. The third-order valence-corrected chi connectivity index (χ3v) is 2.83. The maximum atomic E-state index is 11.7. The highest BCUT2D eigenvalue weighted by atomic mass is 16.5. The summed E-state index contributed by atoms with van der Waals surface area (Å²) in [6, 6.07) is 0. The predicted octanol–water partition coefficient (Wildman–Crippen LogP) is 0.661. The van der Waals surface area contributed by atoms with Crippen LogP contribution in [0.2, 0.25) is 0 Å². The Morgan fingerprint density at radius 1 is 1.21 bits per heavy atom. The molecule has 0 bridgehead atoms. The fourth-order valence-electron chi connectivity index (χ4n) is 1.78. The molecule has 1 amide bonds. The number of ether oxygens (including phenoxy) is 2. The molecule has 1 fully saturated rings. The maximum absolute atomic E-state index is 11.7. The first-order valence-corrected chi connectivity index (χ1v) is 6.34. The van der Waals surface area contributed by atoms with Crippen molar-refractivity contribution in [2.24, 2.45) is 0 Å². The van der Waals surface area contributed by atoms with Gasteiger partial charge in [0, 0.05) is 25.1 Å².